The largest absolute Gasteiger partial charge is 0.480 e. The van der Waals surface area contributed by atoms with Gasteiger partial charge in [0.1, 0.15) is 5.54 Å². The second-order valence-corrected chi connectivity index (χ2v) is 2.29. The van der Waals surface area contributed by atoms with Gasteiger partial charge in [0, 0.05) is 6.54 Å². The van der Waals surface area contributed by atoms with E-state index >= 15 is 0 Å². The predicted molar refractivity (Wildman–Crippen MR) is 33.2 cm³/mol. The van der Waals surface area contributed by atoms with E-state index in [-0.39, 0.29) is 0 Å². The Labute approximate surface area is 53.4 Å². The quantitative estimate of drug-likeness (QED) is 0.487. The second-order valence-electron chi connectivity index (χ2n) is 2.29. The zero-order chi connectivity index (χ0) is 6.91. The molecule has 3 heteroatoms. The third kappa shape index (κ3) is 0.954. The molecule has 0 saturated carbocycles. The Morgan fingerprint density at radius 1 is 1.89 bits per heavy atom. The molecule has 0 amide bonds. The molecule has 0 spiro atoms. The molecule has 0 aromatic heterocycles. The van der Waals surface area contributed by atoms with Crippen molar-refractivity contribution in [1.82, 2.24) is 5.32 Å². The van der Waals surface area contributed by atoms with Gasteiger partial charge in [0.15, 0.2) is 0 Å². The lowest BCUT2D eigenvalue weighted by Crippen LogP contribution is -2.44. The first-order valence-corrected chi connectivity index (χ1v) is 2.81. The van der Waals surface area contributed by atoms with Crippen molar-refractivity contribution in [3.05, 3.63) is 12.2 Å². The summed E-state index contributed by atoms with van der Waals surface area (Å²) in [6.45, 7) is 2.29. The molecular weight excluding hydrogens is 118 g/mol. The fraction of sp³-hybridized carbons (Fsp3) is 0.500. The van der Waals surface area contributed by atoms with Gasteiger partial charge in [-0.3, -0.25) is 5.32 Å². The monoisotopic (exact) mass is 127 g/mol. The summed E-state index contributed by atoms with van der Waals surface area (Å²) in [5, 5.41) is 11.4. The average molecular weight is 127 g/mol. The molecule has 0 aromatic carbocycles. The molecule has 0 unspecified atom stereocenters. The molecule has 0 radical (unpaired) electrons. The number of carboxylic acid groups (broad SMARTS) is 1. The zero-order valence-electron chi connectivity index (χ0n) is 5.22. The van der Waals surface area contributed by atoms with Crippen molar-refractivity contribution in [2.24, 2.45) is 0 Å². The van der Waals surface area contributed by atoms with E-state index in [1.54, 1.807) is 13.0 Å². The van der Waals surface area contributed by atoms with E-state index in [1.807, 2.05) is 6.08 Å². The Morgan fingerprint density at radius 2 is 2.56 bits per heavy atom. The van der Waals surface area contributed by atoms with Crippen LogP contribution in [0, 0.1) is 0 Å². The van der Waals surface area contributed by atoms with Crippen molar-refractivity contribution in [2.75, 3.05) is 6.54 Å². The van der Waals surface area contributed by atoms with Crippen LogP contribution in [0.1, 0.15) is 6.92 Å². The SMILES string of the molecule is C[C@@]1(C(=O)O)C=CCN1. The number of aliphatic carboxylic acids is 1. The van der Waals surface area contributed by atoms with Gasteiger partial charge in [0.05, 0.1) is 0 Å². The van der Waals surface area contributed by atoms with E-state index < -0.39 is 11.5 Å². The lowest BCUT2D eigenvalue weighted by molar-refractivity contribution is -0.141. The average Bonchev–Trinajstić information content (AvgIpc) is 2.16. The highest BCUT2D eigenvalue weighted by Gasteiger charge is 2.31. The Hall–Kier alpha value is -0.830. The van der Waals surface area contributed by atoms with Crippen LogP contribution in [-0.4, -0.2) is 23.2 Å². The predicted octanol–water partition coefficient (Wildman–Crippen LogP) is -0.0109. The van der Waals surface area contributed by atoms with Crippen LogP contribution in [0.15, 0.2) is 12.2 Å². The summed E-state index contributed by atoms with van der Waals surface area (Å²) in [5.74, 6) is -0.823. The smallest absolute Gasteiger partial charge is 0.327 e. The highest BCUT2D eigenvalue weighted by atomic mass is 16.4. The first-order chi connectivity index (χ1) is 4.15. The number of hydrogen-bond acceptors (Lipinski definition) is 2. The van der Waals surface area contributed by atoms with E-state index in [0.29, 0.717) is 6.54 Å². The normalized spacial score (nSPS) is 33.0. The first kappa shape index (κ1) is 6.29. The molecule has 0 bridgehead atoms. The lowest BCUT2D eigenvalue weighted by atomic mass is 10.1. The summed E-state index contributed by atoms with van der Waals surface area (Å²) in [4.78, 5) is 10.4. The topological polar surface area (TPSA) is 49.3 Å². The maximum atomic E-state index is 10.4. The molecule has 50 valence electrons. The van der Waals surface area contributed by atoms with Gasteiger partial charge in [-0.15, -0.1) is 0 Å². The molecule has 1 heterocycles. The van der Waals surface area contributed by atoms with Crippen molar-refractivity contribution in [1.29, 1.82) is 0 Å². The Bertz CT molecular complexity index is 164. The minimum absolute atomic E-state index is 0.656. The van der Waals surface area contributed by atoms with Crippen molar-refractivity contribution in [2.45, 2.75) is 12.5 Å². The minimum Gasteiger partial charge on any atom is -0.480 e. The number of carbonyl (C=O) groups is 1. The van der Waals surface area contributed by atoms with Crippen LogP contribution in [0.4, 0.5) is 0 Å². The molecule has 0 aromatic rings. The van der Waals surface area contributed by atoms with E-state index in [4.69, 9.17) is 5.11 Å². The third-order valence-corrected chi connectivity index (χ3v) is 1.48. The summed E-state index contributed by atoms with van der Waals surface area (Å²) >= 11 is 0. The van der Waals surface area contributed by atoms with Crippen molar-refractivity contribution >= 4 is 5.97 Å². The van der Waals surface area contributed by atoms with Crippen LogP contribution in [0.2, 0.25) is 0 Å². The second kappa shape index (κ2) is 1.84. The van der Waals surface area contributed by atoms with Crippen LogP contribution in [0.3, 0.4) is 0 Å². The highest BCUT2D eigenvalue weighted by Crippen LogP contribution is 2.09. The van der Waals surface area contributed by atoms with E-state index in [2.05, 4.69) is 5.32 Å². The lowest BCUT2D eigenvalue weighted by Gasteiger charge is -2.15. The molecule has 2 N–H and O–H groups in total. The van der Waals surface area contributed by atoms with Crippen LogP contribution >= 0.6 is 0 Å². The zero-order valence-corrected chi connectivity index (χ0v) is 5.22. The highest BCUT2D eigenvalue weighted by molar-refractivity contribution is 5.81. The Kier molecular flexibility index (Phi) is 1.29. The van der Waals surface area contributed by atoms with Crippen molar-refractivity contribution in [3.8, 4) is 0 Å². The number of rotatable bonds is 1. The fourth-order valence-electron chi connectivity index (χ4n) is 0.771. The van der Waals surface area contributed by atoms with Crippen molar-refractivity contribution < 1.29 is 9.90 Å². The molecule has 0 saturated heterocycles. The number of hydrogen-bond donors (Lipinski definition) is 2. The summed E-state index contributed by atoms with van der Waals surface area (Å²) in [6.07, 6.45) is 3.48. The maximum Gasteiger partial charge on any atom is 0.327 e. The minimum atomic E-state index is -0.823. The van der Waals surface area contributed by atoms with Crippen LogP contribution < -0.4 is 5.32 Å². The molecule has 1 aliphatic rings. The van der Waals surface area contributed by atoms with E-state index in [9.17, 15) is 4.79 Å². The first-order valence-electron chi connectivity index (χ1n) is 2.81. The van der Waals surface area contributed by atoms with E-state index in [1.165, 1.54) is 0 Å². The molecule has 1 atom stereocenters. The fourth-order valence-corrected chi connectivity index (χ4v) is 0.771. The summed E-state index contributed by atoms with van der Waals surface area (Å²) in [5.41, 5.74) is -0.819. The van der Waals surface area contributed by atoms with Gasteiger partial charge in [-0.2, -0.15) is 0 Å². The third-order valence-electron chi connectivity index (χ3n) is 1.48. The van der Waals surface area contributed by atoms with E-state index in [0.717, 1.165) is 0 Å². The molecule has 0 fully saturated rings. The Balaban J connectivity index is 2.74. The van der Waals surface area contributed by atoms with Gasteiger partial charge >= 0.3 is 5.97 Å². The van der Waals surface area contributed by atoms with Crippen molar-refractivity contribution in [3.63, 3.8) is 0 Å². The molecular formula is C6H9NO2. The maximum absolute atomic E-state index is 10.4. The van der Waals surface area contributed by atoms with Crippen LogP contribution in [0.25, 0.3) is 0 Å². The van der Waals surface area contributed by atoms with Gasteiger partial charge in [-0.25, -0.2) is 4.79 Å². The summed E-state index contributed by atoms with van der Waals surface area (Å²) < 4.78 is 0. The molecule has 9 heavy (non-hydrogen) atoms. The number of nitrogens with one attached hydrogen (secondary N) is 1. The van der Waals surface area contributed by atoms with Gasteiger partial charge in [0.25, 0.3) is 0 Å². The summed E-state index contributed by atoms with van der Waals surface area (Å²) in [7, 11) is 0. The Morgan fingerprint density at radius 3 is 2.78 bits per heavy atom. The van der Waals surface area contributed by atoms with Gasteiger partial charge < -0.3 is 5.11 Å². The molecule has 1 aliphatic heterocycles. The van der Waals surface area contributed by atoms with Gasteiger partial charge in [-0.1, -0.05) is 12.2 Å². The van der Waals surface area contributed by atoms with Crippen LogP contribution in [0.5, 0.6) is 0 Å². The standard InChI is InChI=1S/C6H9NO2/c1-6(5(8)9)3-2-4-7-6/h2-3,7H,4H2,1H3,(H,8,9)/t6-/m0/s1. The van der Waals surface area contributed by atoms with Gasteiger partial charge in [0.2, 0.25) is 0 Å². The summed E-state index contributed by atoms with van der Waals surface area (Å²) in [6, 6.07) is 0. The molecule has 1 rings (SSSR count). The molecule has 0 aliphatic carbocycles. The van der Waals surface area contributed by atoms with Crippen LogP contribution in [-0.2, 0) is 4.79 Å². The molecule has 3 nitrogen and oxygen atoms in total. The van der Waals surface area contributed by atoms with Gasteiger partial charge in [-0.05, 0) is 6.92 Å². The number of carboxylic acids is 1.